The Balaban J connectivity index is 1.68. The molecular weight excluding hydrogens is 285 g/mol. The summed E-state index contributed by atoms with van der Waals surface area (Å²) in [6.07, 6.45) is 9.80. The Labute approximate surface area is 139 Å². The lowest BCUT2D eigenvalue weighted by atomic mass is 9.76. The molecule has 1 fully saturated rings. The van der Waals surface area contributed by atoms with Crippen molar-refractivity contribution in [1.29, 1.82) is 0 Å². The normalized spacial score (nSPS) is 27.0. The number of rotatable bonds is 1. The third kappa shape index (κ3) is 2.36. The molecule has 0 bridgehead atoms. The highest BCUT2D eigenvalue weighted by Crippen LogP contribution is 2.37. The second-order valence-corrected chi connectivity index (χ2v) is 7.71. The van der Waals surface area contributed by atoms with Crippen molar-refractivity contribution in [2.45, 2.75) is 51.4 Å². The van der Waals surface area contributed by atoms with Gasteiger partial charge in [-0.15, -0.1) is 0 Å². The Morgan fingerprint density at radius 1 is 1.09 bits per heavy atom. The van der Waals surface area contributed by atoms with Crippen LogP contribution in [0.2, 0.25) is 0 Å². The van der Waals surface area contributed by atoms with Crippen molar-refractivity contribution >= 4 is 12.6 Å². The first kappa shape index (κ1) is 15.0. The van der Waals surface area contributed by atoms with Crippen LogP contribution in [0.25, 0.3) is 0 Å². The maximum absolute atomic E-state index is 6.21. The van der Waals surface area contributed by atoms with E-state index >= 15 is 0 Å². The fraction of sp³-hybridized carbons (Fsp3) is 0.474. The fourth-order valence-corrected chi connectivity index (χ4v) is 3.52. The van der Waals surface area contributed by atoms with E-state index in [9.17, 15) is 0 Å². The third-order valence-corrected chi connectivity index (χ3v) is 5.69. The molecule has 0 spiro atoms. The van der Waals surface area contributed by atoms with E-state index in [0.29, 0.717) is 6.04 Å². The molecule has 4 rings (SSSR count). The molecule has 0 saturated carbocycles. The molecule has 1 aromatic carbocycles. The lowest BCUT2D eigenvalue weighted by molar-refractivity contribution is 0.00578. The lowest BCUT2D eigenvalue weighted by Crippen LogP contribution is -2.41. The zero-order chi connectivity index (χ0) is 16.2. The van der Waals surface area contributed by atoms with E-state index in [0.717, 1.165) is 18.4 Å². The Kier molecular flexibility index (Phi) is 3.26. The number of benzene rings is 1. The maximum Gasteiger partial charge on any atom is 0.494 e. The average Bonchev–Trinajstić information content (AvgIpc) is 2.75. The summed E-state index contributed by atoms with van der Waals surface area (Å²) in [4.78, 5) is 2.40. The molecule has 3 aliphatic rings. The molecular formula is C19H24BNO2. The van der Waals surface area contributed by atoms with E-state index in [2.05, 4.69) is 75.2 Å². The number of nitrogens with zero attached hydrogens (tertiary/aromatic N) is 1. The monoisotopic (exact) mass is 309 g/mol. The molecule has 1 unspecified atom stereocenters. The molecule has 3 heterocycles. The molecule has 0 aromatic heterocycles. The van der Waals surface area contributed by atoms with Crippen LogP contribution in [0, 0.1) is 0 Å². The van der Waals surface area contributed by atoms with Crippen LogP contribution in [0.15, 0.2) is 42.6 Å². The van der Waals surface area contributed by atoms with Crippen LogP contribution in [0.5, 0.6) is 0 Å². The van der Waals surface area contributed by atoms with Crippen LogP contribution < -0.4 is 5.46 Å². The molecule has 0 aliphatic carbocycles. The minimum atomic E-state index is -0.299. The minimum absolute atomic E-state index is 0.288. The smallest absolute Gasteiger partial charge is 0.399 e. The van der Waals surface area contributed by atoms with Gasteiger partial charge in [0.1, 0.15) is 0 Å². The van der Waals surface area contributed by atoms with Crippen LogP contribution >= 0.6 is 0 Å². The molecule has 0 N–H and O–H groups in total. The van der Waals surface area contributed by atoms with Crippen molar-refractivity contribution in [3.8, 4) is 0 Å². The number of hydrogen-bond donors (Lipinski definition) is 0. The van der Waals surface area contributed by atoms with Crippen LogP contribution in [0.1, 0.15) is 44.9 Å². The van der Waals surface area contributed by atoms with Crippen molar-refractivity contribution in [2.75, 3.05) is 6.54 Å². The second kappa shape index (κ2) is 4.99. The molecule has 1 atom stereocenters. The topological polar surface area (TPSA) is 21.7 Å². The lowest BCUT2D eigenvalue weighted by Gasteiger charge is -2.36. The van der Waals surface area contributed by atoms with Gasteiger partial charge in [0.05, 0.1) is 17.2 Å². The number of fused-ring (bicyclic) bond motifs is 3. The van der Waals surface area contributed by atoms with Crippen molar-refractivity contribution < 1.29 is 9.31 Å². The molecule has 1 saturated heterocycles. The quantitative estimate of drug-likeness (QED) is 0.745. The fourth-order valence-electron chi connectivity index (χ4n) is 3.52. The van der Waals surface area contributed by atoms with Crippen molar-refractivity contribution in [3.63, 3.8) is 0 Å². The van der Waals surface area contributed by atoms with Gasteiger partial charge >= 0.3 is 7.12 Å². The summed E-state index contributed by atoms with van der Waals surface area (Å²) in [6.45, 7) is 9.47. The molecule has 3 aliphatic heterocycles. The van der Waals surface area contributed by atoms with Gasteiger partial charge in [0, 0.05) is 6.54 Å². The molecule has 0 radical (unpaired) electrons. The van der Waals surface area contributed by atoms with Crippen LogP contribution in [0.4, 0.5) is 0 Å². The zero-order valence-corrected chi connectivity index (χ0v) is 14.4. The SMILES string of the molecule is CC1(C)OB(c2ccc3c(c2)C2C=CC=CN2CC3)OC1(C)C. The summed E-state index contributed by atoms with van der Waals surface area (Å²) >= 11 is 0. The minimum Gasteiger partial charge on any atom is -0.399 e. The summed E-state index contributed by atoms with van der Waals surface area (Å²) in [7, 11) is -0.288. The summed E-state index contributed by atoms with van der Waals surface area (Å²) < 4.78 is 12.4. The Morgan fingerprint density at radius 2 is 1.83 bits per heavy atom. The van der Waals surface area contributed by atoms with Gasteiger partial charge in [0.25, 0.3) is 0 Å². The van der Waals surface area contributed by atoms with Gasteiger partial charge in [-0.3, -0.25) is 0 Å². The van der Waals surface area contributed by atoms with E-state index in [4.69, 9.17) is 9.31 Å². The summed E-state index contributed by atoms with van der Waals surface area (Å²) in [6, 6.07) is 7.03. The van der Waals surface area contributed by atoms with Crippen LogP contribution in [-0.2, 0) is 15.7 Å². The highest BCUT2D eigenvalue weighted by Gasteiger charge is 2.51. The molecule has 0 amide bonds. The molecule has 4 heteroatoms. The Morgan fingerprint density at radius 3 is 2.57 bits per heavy atom. The summed E-state index contributed by atoms with van der Waals surface area (Å²) in [5.41, 5.74) is 3.34. The van der Waals surface area contributed by atoms with Gasteiger partial charge in [-0.05, 0) is 63.0 Å². The second-order valence-electron chi connectivity index (χ2n) is 7.71. The molecule has 23 heavy (non-hydrogen) atoms. The molecule has 3 nitrogen and oxygen atoms in total. The van der Waals surface area contributed by atoms with Gasteiger partial charge in [-0.25, -0.2) is 0 Å². The van der Waals surface area contributed by atoms with Crippen LogP contribution in [-0.4, -0.2) is 29.8 Å². The third-order valence-electron chi connectivity index (χ3n) is 5.69. The molecule has 1 aromatic rings. The number of allylic oxidation sites excluding steroid dienone is 2. The van der Waals surface area contributed by atoms with Crippen LogP contribution in [0.3, 0.4) is 0 Å². The summed E-state index contributed by atoms with van der Waals surface area (Å²) in [5.74, 6) is 0. The Bertz CT molecular complexity index is 677. The zero-order valence-electron chi connectivity index (χ0n) is 14.4. The van der Waals surface area contributed by atoms with E-state index in [1.807, 2.05) is 0 Å². The first-order valence-corrected chi connectivity index (χ1v) is 8.46. The first-order chi connectivity index (χ1) is 10.9. The standard InChI is InChI=1S/C19H24BNO2/c1-18(2)19(3,4)23-20(22-18)15-9-8-14-10-12-21-11-6-5-7-17(21)16(14)13-15/h5-9,11,13,17H,10,12H2,1-4H3. The number of hydrogen-bond acceptors (Lipinski definition) is 3. The first-order valence-electron chi connectivity index (χ1n) is 8.46. The summed E-state index contributed by atoms with van der Waals surface area (Å²) in [5, 5.41) is 0. The highest BCUT2D eigenvalue weighted by atomic mass is 16.7. The van der Waals surface area contributed by atoms with Gasteiger partial charge < -0.3 is 14.2 Å². The van der Waals surface area contributed by atoms with Gasteiger partial charge in [0.15, 0.2) is 0 Å². The van der Waals surface area contributed by atoms with E-state index in [-0.39, 0.29) is 18.3 Å². The van der Waals surface area contributed by atoms with E-state index in [1.165, 1.54) is 11.1 Å². The predicted octanol–water partition coefficient (Wildman–Crippen LogP) is 2.97. The predicted molar refractivity (Wildman–Crippen MR) is 93.6 cm³/mol. The van der Waals surface area contributed by atoms with Gasteiger partial charge in [0.2, 0.25) is 0 Å². The van der Waals surface area contributed by atoms with Gasteiger partial charge in [-0.2, -0.15) is 0 Å². The van der Waals surface area contributed by atoms with Crippen molar-refractivity contribution in [3.05, 3.63) is 53.8 Å². The van der Waals surface area contributed by atoms with Gasteiger partial charge in [-0.1, -0.05) is 30.4 Å². The largest absolute Gasteiger partial charge is 0.494 e. The van der Waals surface area contributed by atoms with Crippen molar-refractivity contribution in [1.82, 2.24) is 4.90 Å². The Hall–Kier alpha value is -1.52. The molecule has 120 valence electrons. The average molecular weight is 309 g/mol. The van der Waals surface area contributed by atoms with E-state index < -0.39 is 0 Å². The maximum atomic E-state index is 6.21. The van der Waals surface area contributed by atoms with E-state index in [1.54, 1.807) is 0 Å². The van der Waals surface area contributed by atoms with Crippen molar-refractivity contribution in [2.24, 2.45) is 0 Å². The highest BCUT2D eigenvalue weighted by molar-refractivity contribution is 6.62.